The normalized spacial score (nSPS) is 50.0. The number of methoxy groups -OCH3 is 1. The summed E-state index contributed by atoms with van der Waals surface area (Å²) >= 11 is 0. The zero-order valence-corrected chi connectivity index (χ0v) is 13.0. The predicted molar refractivity (Wildman–Crippen MR) is 73.4 cm³/mol. The Morgan fingerprint density at radius 2 is 1.38 bits per heavy atom. The minimum Gasteiger partial charge on any atom is -0.394 e. The van der Waals surface area contributed by atoms with E-state index in [1.807, 2.05) is 0 Å². The van der Waals surface area contributed by atoms with Gasteiger partial charge in [0.05, 0.1) is 13.2 Å². The second-order valence-electron chi connectivity index (χ2n) is 5.74. The Balaban J connectivity index is 2.14. The number of ether oxygens (including phenoxy) is 4. The quantitative estimate of drug-likeness (QED) is 0.251. The molecule has 2 fully saturated rings. The molecule has 7 N–H and O–H groups in total. The maximum Gasteiger partial charge on any atom is 0.187 e. The minimum atomic E-state index is -1.68. The summed E-state index contributed by atoms with van der Waals surface area (Å²) in [6, 6.07) is 0. The zero-order valence-electron chi connectivity index (χ0n) is 13.0. The molecular weight excluding hydrogens is 332 g/mol. The summed E-state index contributed by atoms with van der Waals surface area (Å²) < 4.78 is 20.6. The van der Waals surface area contributed by atoms with Crippen LogP contribution in [0.2, 0.25) is 0 Å². The van der Waals surface area contributed by atoms with Crippen LogP contribution in [0.1, 0.15) is 0 Å². The molecule has 0 aliphatic carbocycles. The van der Waals surface area contributed by atoms with Crippen molar-refractivity contribution < 1.29 is 54.7 Å². The van der Waals surface area contributed by atoms with Gasteiger partial charge in [-0.3, -0.25) is 0 Å². The van der Waals surface area contributed by atoms with E-state index >= 15 is 0 Å². The third-order valence-electron chi connectivity index (χ3n) is 4.23. The molecule has 0 radical (unpaired) electrons. The van der Waals surface area contributed by atoms with Gasteiger partial charge in [0.2, 0.25) is 0 Å². The van der Waals surface area contributed by atoms with Crippen LogP contribution in [0.15, 0.2) is 0 Å². The molecule has 0 bridgehead atoms. The van der Waals surface area contributed by atoms with E-state index in [1.165, 1.54) is 7.11 Å². The van der Waals surface area contributed by atoms with Crippen molar-refractivity contribution in [1.29, 1.82) is 0 Å². The SMILES string of the molecule is CO[C@@H]1[C@@H](O)[C@@H](O[C@H]2O[C@H](CO)[C@H](O)[C@H](O)[C@H]2O)[C@@H](CO)O[C@@H]1O. The summed E-state index contributed by atoms with van der Waals surface area (Å²) in [7, 11) is 1.23. The molecule has 0 saturated carbocycles. The number of aliphatic hydroxyl groups excluding tert-OH is 7. The smallest absolute Gasteiger partial charge is 0.187 e. The van der Waals surface area contributed by atoms with Gasteiger partial charge in [0.15, 0.2) is 12.6 Å². The van der Waals surface area contributed by atoms with Crippen LogP contribution in [-0.4, -0.2) is 117 Å². The highest BCUT2D eigenvalue weighted by Gasteiger charge is 2.50. The van der Waals surface area contributed by atoms with Crippen LogP contribution in [0.25, 0.3) is 0 Å². The molecule has 11 nitrogen and oxygen atoms in total. The third-order valence-corrected chi connectivity index (χ3v) is 4.23. The Morgan fingerprint density at radius 1 is 0.750 bits per heavy atom. The molecule has 2 aliphatic rings. The van der Waals surface area contributed by atoms with Gasteiger partial charge in [0.25, 0.3) is 0 Å². The average molecular weight is 356 g/mol. The van der Waals surface area contributed by atoms with Gasteiger partial charge in [-0.1, -0.05) is 0 Å². The standard InChI is InChI=1S/C13H24O11/c1-21-11-9(19)10(5(3-15)22-12(11)20)24-13-8(18)7(17)6(16)4(2-14)23-13/h4-20H,2-3H2,1H3/t4-,5-,6+,7+,8-,9+,10+,11-,12+,13-/m1/s1. The van der Waals surface area contributed by atoms with Crippen molar-refractivity contribution in [1.82, 2.24) is 0 Å². The van der Waals surface area contributed by atoms with Crippen LogP contribution in [0.5, 0.6) is 0 Å². The molecule has 0 aromatic rings. The maximum atomic E-state index is 10.3. The Bertz CT molecular complexity index is 394. The Morgan fingerprint density at radius 3 is 1.92 bits per heavy atom. The highest BCUT2D eigenvalue weighted by atomic mass is 16.7. The van der Waals surface area contributed by atoms with Gasteiger partial charge in [-0.05, 0) is 0 Å². The molecule has 0 unspecified atom stereocenters. The fourth-order valence-electron chi connectivity index (χ4n) is 2.82. The molecule has 2 saturated heterocycles. The fourth-order valence-corrected chi connectivity index (χ4v) is 2.82. The van der Waals surface area contributed by atoms with Crippen molar-refractivity contribution >= 4 is 0 Å². The van der Waals surface area contributed by atoms with Crippen LogP contribution < -0.4 is 0 Å². The molecule has 24 heavy (non-hydrogen) atoms. The molecule has 2 heterocycles. The largest absolute Gasteiger partial charge is 0.394 e. The predicted octanol–water partition coefficient (Wildman–Crippen LogP) is -4.74. The summed E-state index contributed by atoms with van der Waals surface area (Å²) in [4.78, 5) is 0. The Hall–Kier alpha value is -0.440. The van der Waals surface area contributed by atoms with Gasteiger partial charge in [-0.25, -0.2) is 0 Å². The van der Waals surface area contributed by atoms with Crippen LogP contribution in [-0.2, 0) is 18.9 Å². The van der Waals surface area contributed by atoms with Crippen LogP contribution in [0.4, 0.5) is 0 Å². The second-order valence-corrected chi connectivity index (χ2v) is 5.74. The van der Waals surface area contributed by atoms with Crippen molar-refractivity contribution in [2.45, 2.75) is 61.4 Å². The summed E-state index contributed by atoms with van der Waals surface area (Å²) in [5, 5.41) is 67.9. The zero-order chi connectivity index (χ0) is 18.0. The lowest BCUT2D eigenvalue weighted by Gasteiger charge is -2.45. The highest BCUT2D eigenvalue weighted by molar-refractivity contribution is 4.94. The van der Waals surface area contributed by atoms with E-state index in [0.29, 0.717) is 0 Å². The lowest BCUT2D eigenvalue weighted by Crippen LogP contribution is -2.64. The van der Waals surface area contributed by atoms with Gasteiger partial charge >= 0.3 is 0 Å². The number of rotatable bonds is 5. The first-order valence-corrected chi connectivity index (χ1v) is 7.46. The Labute approximate surface area is 137 Å². The second kappa shape index (κ2) is 8.29. The van der Waals surface area contributed by atoms with Gasteiger partial charge in [0.1, 0.15) is 48.8 Å². The molecular formula is C13H24O11. The Kier molecular flexibility index (Phi) is 6.87. The van der Waals surface area contributed by atoms with Crippen LogP contribution in [0.3, 0.4) is 0 Å². The monoisotopic (exact) mass is 356 g/mol. The van der Waals surface area contributed by atoms with Gasteiger partial charge in [0, 0.05) is 7.11 Å². The van der Waals surface area contributed by atoms with E-state index in [-0.39, 0.29) is 0 Å². The van der Waals surface area contributed by atoms with Crippen LogP contribution >= 0.6 is 0 Å². The maximum absolute atomic E-state index is 10.3. The van der Waals surface area contributed by atoms with Crippen molar-refractivity contribution in [3.63, 3.8) is 0 Å². The highest BCUT2D eigenvalue weighted by Crippen LogP contribution is 2.29. The van der Waals surface area contributed by atoms with Crippen molar-refractivity contribution in [3.05, 3.63) is 0 Å². The summed E-state index contributed by atoms with van der Waals surface area (Å²) in [5.41, 5.74) is 0. The fraction of sp³-hybridized carbons (Fsp3) is 1.00. The molecule has 0 aromatic carbocycles. The van der Waals surface area contributed by atoms with Gasteiger partial charge in [-0.15, -0.1) is 0 Å². The number of hydrogen-bond donors (Lipinski definition) is 7. The molecule has 2 aliphatic heterocycles. The lowest BCUT2D eigenvalue weighted by molar-refractivity contribution is -0.356. The first kappa shape index (κ1) is 19.9. The molecule has 0 amide bonds. The molecule has 0 aromatic heterocycles. The molecule has 10 atom stereocenters. The van der Waals surface area contributed by atoms with E-state index in [2.05, 4.69) is 0 Å². The van der Waals surface area contributed by atoms with Gasteiger partial charge < -0.3 is 54.7 Å². The van der Waals surface area contributed by atoms with E-state index in [9.17, 15) is 30.6 Å². The first-order valence-electron chi connectivity index (χ1n) is 7.46. The van der Waals surface area contributed by atoms with Gasteiger partial charge in [-0.2, -0.15) is 0 Å². The molecule has 11 heteroatoms. The van der Waals surface area contributed by atoms with E-state index in [1.54, 1.807) is 0 Å². The summed E-state index contributed by atoms with van der Waals surface area (Å²) in [6.45, 7) is -1.26. The molecule has 142 valence electrons. The first-order chi connectivity index (χ1) is 11.3. The number of hydrogen-bond acceptors (Lipinski definition) is 11. The van der Waals surface area contributed by atoms with E-state index in [4.69, 9.17) is 24.1 Å². The van der Waals surface area contributed by atoms with E-state index in [0.717, 1.165) is 0 Å². The average Bonchev–Trinajstić information content (AvgIpc) is 2.57. The topological polar surface area (TPSA) is 179 Å². The van der Waals surface area contributed by atoms with Crippen molar-refractivity contribution in [2.75, 3.05) is 20.3 Å². The number of aliphatic hydroxyl groups is 7. The third kappa shape index (κ3) is 3.71. The molecule has 2 rings (SSSR count). The van der Waals surface area contributed by atoms with Crippen molar-refractivity contribution in [3.8, 4) is 0 Å². The minimum absolute atomic E-state index is 0.618. The molecule has 0 spiro atoms. The lowest BCUT2D eigenvalue weighted by atomic mass is 9.97. The van der Waals surface area contributed by atoms with Crippen LogP contribution in [0, 0.1) is 0 Å². The van der Waals surface area contributed by atoms with Crippen molar-refractivity contribution in [2.24, 2.45) is 0 Å². The summed E-state index contributed by atoms with van der Waals surface area (Å²) in [6.07, 6.45) is -14.2. The summed E-state index contributed by atoms with van der Waals surface area (Å²) in [5.74, 6) is 0. The van der Waals surface area contributed by atoms with E-state index < -0.39 is 74.6 Å².